The highest BCUT2D eigenvalue weighted by Gasteiger charge is 2.44. The van der Waals surface area contributed by atoms with Gasteiger partial charge in [-0.3, -0.25) is 14.4 Å². The maximum Gasteiger partial charge on any atom is 0.471 e. The van der Waals surface area contributed by atoms with Crippen molar-refractivity contribution in [2.75, 3.05) is 38.5 Å². The number of nitrogens with one attached hydrogen (secondary N) is 3. The van der Waals surface area contributed by atoms with E-state index in [-0.39, 0.29) is 38.4 Å². The van der Waals surface area contributed by atoms with Crippen LogP contribution in [0.5, 0.6) is 0 Å². The summed E-state index contributed by atoms with van der Waals surface area (Å²) in [4.78, 5) is 53.7. The molecule has 5 amide bonds. The molecule has 0 bridgehead atoms. The number of likely N-dealkylation sites (tertiary alicyclic amines) is 1. The lowest BCUT2D eigenvalue weighted by molar-refractivity contribution is -0.186. The molecule has 0 spiro atoms. The van der Waals surface area contributed by atoms with Crippen molar-refractivity contribution in [1.29, 1.82) is 0 Å². The van der Waals surface area contributed by atoms with Crippen LogP contribution in [0.4, 0.5) is 23.7 Å². The van der Waals surface area contributed by atoms with Crippen molar-refractivity contribution in [2.45, 2.75) is 63.3 Å². The minimum Gasteiger partial charge on any atom is -0.343 e. The number of carbonyl (C=O) groups is 4. The Balaban J connectivity index is 1.68. The first-order valence-corrected chi connectivity index (χ1v) is 15.8. The second-order valence-electron chi connectivity index (χ2n) is 11.0. The Labute approximate surface area is 275 Å². The molecule has 3 N–H and O–H groups in total. The number of urea groups is 1. The third kappa shape index (κ3) is 11.5. The molecular formula is C31H40F3IN6O4. The van der Waals surface area contributed by atoms with Crippen LogP contribution in [0.15, 0.2) is 60.7 Å². The highest BCUT2D eigenvalue weighted by atomic mass is 127. The van der Waals surface area contributed by atoms with Gasteiger partial charge in [-0.2, -0.15) is 13.2 Å². The first kappa shape index (κ1) is 36.1. The highest BCUT2D eigenvalue weighted by molar-refractivity contribution is 14.1. The van der Waals surface area contributed by atoms with Crippen LogP contribution in [0.3, 0.4) is 0 Å². The fraction of sp³-hybridized carbons (Fsp3) is 0.484. The molecule has 0 unspecified atom stereocenters. The van der Waals surface area contributed by atoms with E-state index in [0.717, 1.165) is 10.5 Å². The molecule has 14 heteroatoms. The van der Waals surface area contributed by atoms with E-state index in [2.05, 4.69) is 16.0 Å². The van der Waals surface area contributed by atoms with Gasteiger partial charge in [0.15, 0.2) is 0 Å². The second-order valence-corrected chi connectivity index (χ2v) is 12.5. The Morgan fingerprint density at radius 2 is 1.69 bits per heavy atom. The van der Waals surface area contributed by atoms with Gasteiger partial charge in [0.05, 0.1) is 6.04 Å². The minimum atomic E-state index is -5.05. The van der Waals surface area contributed by atoms with Gasteiger partial charge in [0, 0.05) is 60.8 Å². The van der Waals surface area contributed by atoms with Gasteiger partial charge in [0.2, 0.25) is 11.8 Å². The fourth-order valence-corrected chi connectivity index (χ4v) is 5.30. The maximum absolute atomic E-state index is 13.9. The Kier molecular flexibility index (Phi) is 13.9. The zero-order chi connectivity index (χ0) is 33.0. The van der Waals surface area contributed by atoms with Crippen LogP contribution in [0.1, 0.15) is 38.2 Å². The molecule has 3 atom stereocenters. The summed E-state index contributed by atoms with van der Waals surface area (Å²) in [5.41, 5.74) is 1.41. The zero-order valence-corrected chi connectivity index (χ0v) is 27.5. The van der Waals surface area contributed by atoms with Gasteiger partial charge in [-0.1, -0.05) is 48.5 Å². The number of benzene rings is 2. The molecule has 45 heavy (non-hydrogen) atoms. The topological polar surface area (TPSA) is 114 Å². The Morgan fingerprint density at radius 3 is 2.31 bits per heavy atom. The Hall–Kier alpha value is -3.40. The molecule has 0 saturated carbocycles. The van der Waals surface area contributed by atoms with E-state index in [1.807, 2.05) is 28.9 Å². The quantitative estimate of drug-likeness (QED) is 0.151. The third-order valence-electron chi connectivity index (χ3n) is 7.65. The monoisotopic (exact) mass is 744 g/mol. The summed E-state index contributed by atoms with van der Waals surface area (Å²) in [5, 5.41) is 8.24. The standard InChI is InChI=1S/C31H40F3IN6O4/c1-22(39(2)35)27(42)38-26(16-9-18-36-30(45)37-24-13-7-4-8-14-24)28(43)41-19-10-15-25(41)21-40(29(44)31(32,33)34)20-17-23-11-5-3-6-12-23/h3-8,11-14,22,25-26H,9-10,15-21H2,1-2H3,(H,38,42)(H2,36,37,45)/t22-,25-,26-/m0/s1. The van der Waals surface area contributed by atoms with Crippen molar-refractivity contribution in [3.05, 3.63) is 66.2 Å². The smallest absolute Gasteiger partial charge is 0.343 e. The molecule has 246 valence electrons. The van der Waals surface area contributed by atoms with Crippen molar-refractivity contribution in [3.63, 3.8) is 0 Å². The molecule has 2 aromatic carbocycles. The summed E-state index contributed by atoms with van der Waals surface area (Å²) >= 11 is 1.97. The number of amides is 5. The van der Waals surface area contributed by atoms with E-state index in [1.165, 1.54) is 4.90 Å². The predicted octanol–water partition coefficient (Wildman–Crippen LogP) is 4.37. The zero-order valence-electron chi connectivity index (χ0n) is 25.4. The second kappa shape index (κ2) is 17.3. The van der Waals surface area contributed by atoms with E-state index >= 15 is 0 Å². The lowest BCUT2D eigenvalue weighted by Crippen LogP contribution is -2.55. The number of para-hydroxylation sites is 1. The normalized spacial score (nSPS) is 16.2. The predicted molar refractivity (Wildman–Crippen MR) is 173 cm³/mol. The molecule has 1 aliphatic heterocycles. The van der Waals surface area contributed by atoms with Crippen LogP contribution in [-0.4, -0.2) is 94.2 Å². The lowest BCUT2D eigenvalue weighted by atomic mass is 10.1. The van der Waals surface area contributed by atoms with Gasteiger partial charge >= 0.3 is 18.1 Å². The number of hydrogen-bond acceptors (Lipinski definition) is 5. The van der Waals surface area contributed by atoms with Gasteiger partial charge in [0.1, 0.15) is 6.04 Å². The van der Waals surface area contributed by atoms with Crippen molar-refractivity contribution in [1.82, 2.24) is 23.5 Å². The molecule has 3 rings (SSSR count). The number of anilines is 1. The molecule has 1 saturated heterocycles. The van der Waals surface area contributed by atoms with Crippen molar-refractivity contribution < 1.29 is 32.3 Å². The minimum absolute atomic E-state index is 0.155. The summed E-state index contributed by atoms with van der Waals surface area (Å²) in [6, 6.07) is 15.2. The van der Waals surface area contributed by atoms with Gasteiger partial charge in [0.25, 0.3) is 0 Å². The summed E-state index contributed by atoms with van der Waals surface area (Å²) in [7, 11) is 1.72. The number of hydrogen-bond donors (Lipinski definition) is 3. The van der Waals surface area contributed by atoms with E-state index in [9.17, 15) is 32.3 Å². The molecule has 10 nitrogen and oxygen atoms in total. The average Bonchev–Trinajstić information content (AvgIpc) is 3.48. The SMILES string of the molecule is C[C@@H](C(=O)N[C@@H](CCCNC(=O)Nc1ccccc1)C(=O)N1CCC[C@H]1CN(CCc1ccccc1)C(=O)C(F)(F)F)N(C)I. The molecular weight excluding hydrogens is 704 g/mol. The summed E-state index contributed by atoms with van der Waals surface area (Å²) in [5.74, 6) is -2.75. The van der Waals surface area contributed by atoms with Crippen molar-refractivity contribution >= 4 is 52.3 Å². The molecule has 0 aliphatic carbocycles. The Bertz CT molecular complexity index is 1270. The van der Waals surface area contributed by atoms with E-state index in [1.54, 1.807) is 71.7 Å². The number of halogens is 4. The van der Waals surface area contributed by atoms with Crippen molar-refractivity contribution in [2.24, 2.45) is 0 Å². The summed E-state index contributed by atoms with van der Waals surface area (Å²) in [6.07, 6.45) is -3.31. The molecule has 1 aliphatic rings. The van der Waals surface area contributed by atoms with E-state index < -0.39 is 42.1 Å². The largest absolute Gasteiger partial charge is 0.471 e. The van der Waals surface area contributed by atoms with Crippen LogP contribution in [0.25, 0.3) is 0 Å². The Morgan fingerprint density at radius 1 is 1.04 bits per heavy atom. The number of nitrogens with zero attached hydrogens (tertiary/aromatic N) is 3. The van der Waals surface area contributed by atoms with Gasteiger partial charge in [-0.15, -0.1) is 0 Å². The molecule has 2 aromatic rings. The highest BCUT2D eigenvalue weighted by Crippen LogP contribution is 2.24. The van der Waals surface area contributed by atoms with Crippen LogP contribution in [-0.2, 0) is 20.8 Å². The summed E-state index contributed by atoms with van der Waals surface area (Å²) < 4.78 is 42.3. The summed E-state index contributed by atoms with van der Waals surface area (Å²) in [6.45, 7) is 1.77. The molecule has 1 fully saturated rings. The first-order chi connectivity index (χ1) is 21.4. The average molecular weight is 745 g/mol. The van der Waals surface area contributed by atoms with Gasteiger partial charge in [-0.05, 0) is 63.8 Å². The fourth-order valence-electron chi connectivity index (χ4n) is 5.05. The van der Waals surface area contributed by atoms with E-state index in [4.69, 9.17) is 0 Å². The van der Waals surface area contributed by atoms with Gasteiger partial charge < -0.3 is 25.8 Å². The first-order valence-electron chi connectivity index (χ1n) is 14.9. The van der Waals surface area contributed by atoms with Crippen LogP contribution in [0, 0.1) is 0 Å². The number of carbonyl (C=O) groups excluding carboxylic acids is 4. The lowest BCUT2D eigenvalue weighted by Gasteiger charge is -2.34. The van der Waals surface area contributed by atoms with Crippen LogP contribution >= 0.6 is 22.9 Å². The van der Waals surface area contributed by atoms with Gasteiger partial charge in [-0.25, -0.2) is 7.91 Å². The molecule has 1 heterocycles. The molecule has 0 aromatic heterocycles. The van der Waals surface area contributed by atoms with Crippen LogP contribution < -0.4 is 16.0 Å². The maximum atomic E-state index is 13.9. The molecule has 0 radical (unpaired) electrons. The van der Waals surface area contributed by atoms with Crippen LogP contribution in [0.2, 0.25) is 0 Å². The third-order valence-corrected chi connectivity index (χ3v) is 8.48. The number of alkyl halides is 3. The number of rotatable bonds is 14. The van der Waals surface area contributed by atoms with E-state index in [0.29, 0.717) is 31.5 Å². The van der Waals surface area contributed by atoms with Crippen molar-refractivity contribution in [3.8, 4) is 0 Å². The number of likely N-dealkylation sites (N-methyl/N-ethyl adjacent to an activating group) is 1.